The van der Waals surface area contributed by atoms with Gasteiger partial charge in [0, 0.05) is 9.37 Å². The molecule has 0 amide bonds. The van der Waals surface area contributed by atoms with Crippen LogP contribution >= 0.6 is 51.7 Å². The molecular weight excluding hydrogens is 284 g/mol. The fourth-order valence-corrected chi connectivity index (χ4v) is 3.66. The Labute approximate surface area is 99.3 Å². The minimum atomic E-state index is 1.00. The van der Waals surface area contributed by atoms with Crippen LogP contribution in [0.4, 0.5) is 0 Å². The summed E-state index contributed by atoms with van der Waals surface area (Å²) in [7, 11) is 0. The third-order valence-corrected chi connectivity index (χ3v) is 5.78. The minimum Gasteiger partial charge on any atom is -0.142 e. The summed E-state index contributed by atoms with van der Waals surface area (Å²) >= 11 is 11.5. The van der Waals surface area contributed by atoms with Crippen molar-refractivity contribution in [1.82, 2.24) is 0 Å². The Morgan fingerprint density at radius 3 is 2.92 bits per heavy atom. The standard InChI is InChI=1S/C9H7BrS3/c1-12-7-4-5-2-3-6(11)8(10)9(5)13-7/h2-4,11H,1H3. The maximum Gasteiger partial charge on any atom is 0.0608 e. The van der Waals surface area contributed by atoms with Crippen molar-refractivity contribution in [3.8, 4) is 0 Å². The topological polar surface area (TPSA) is 0 Å². The zero-order valence-corrected chi connectivity index (χ0v) is 11.0. The summed E-state index contributed by atoms with van der Waals surface area (Å²) in [5, 5.41) is 1.29. The molecule has 1 heterocycles. The van der Waals surface area contributed by atoms with E-state index in [4.69, 9.17) is 0 Å². The SMILES string of the molecule is CSc1cc2ccc(S)c(Br)c2s1. The van der Waals surface area contributed by atoms with E-state index in [0.29, 0.717) is 0 Å². The van der Waals surface area contributed by atoms with Crippen molar-refractivity contribution in [1.29, 1.82) is 0 Å². The number of thiophene rings is 1. The summed E-state index contributed by atoms with van der Waals surface area (Å²) in [6, 6.07) is 6.34. The van der Waals surface area contributed by atoms with Crippen LogP contribution in [-0.4, -0.2) is 6.26 Å². The second-order valence-corrected chi connectivity index (χ2v) is 6.02. The lowest BCUT2D eigenvalue weighted by atomic mass is 10.3. The summed E-state index contributed by atoms with van der Waals surface area (Å²) in [4.78, 5) is 1.00. The molecule has 0 saturated carbocycles. The predicted octanol–water partition coefficient (Wildman–Crippen LogP) is 4.67. The van der Waals surface area contributed by atoms with Crippen LogP contribution in [0, 0.1) is 0 Å². The zero-order chi connectivity index (χ0) is 9.42. The number of benzene rings is 1. The first kappa shape index (κ1) is 9.90. The Bertz CT molecular complexity index is 447. The van der Waals surface area contributed by atoms with Crippen LogP contribution in [-0.2, 0) is 0 Å². The van der Waals surface area contributed by atoms with E-state index >= 15 is 0 Å². The predicted molar refractivity (Wildman–Crippen MR) is 68.6 cm³/mol. The van der Waals surface area contributed by atoms with Gasteiger partial charge in [-0.3, -0.25) is 0 Å². The van der Waals surface area contributed by atoms with Crippen molar-refractivity contribution in [2.24, 2.45) is 0 Å². The molecule has 0 unspecified atom stereocenters. The number of rotatable bonds is 1. The number of halogens is 1. The maximum atomic E-state index is 4.37. The molecule has 0 spiro atoms. The lowest BCUT2D eigenvalue weighted by Gasteiger charge is -1.96. The van der Waals surface area contributed by atoms with Crippen molar-refractivity contribution in [3.63, 3.8) is 0 Å². The molecule has 68 valence electrons. The van der Waals surface area contributed by atoms with Crippen LogP contribution in [0.1, 0.15) is 0 Å². The van der Waals surface area contributed by atoms with Crippen LogP contribution in [0.2, 0.25) is 0 Å². The van der Waals surface area contributed by atoms with Crippen molar-refractivity contribution in [2.45, 2.75) is 9.10 Å². The highest BCUT2D eigenvalue weighted by Gasteiger charge is 2.06. The molecule has 2 aromatic rings. The van der Waals surface area contributed by atoms with Crippen LogP contribution < -0.4 is 0 Å². The monoisotopic (exact) mass is 290 g/mol. The molecule has 0 bridgehead atoms. The molecule has 0 nitrogen and oxygen atoms in total. The molecule has 0 atom stereocenters. The van der Waals surface area contributed by atoms with E-state index in [9.17, 15) is 0 Å². The van der Waals surface area contributed by atoms with Crippen LogP contribution in [0.25, 0.3) is 10.1 Å². The number of hydrogen-bond donors (Lipinski definition) is 1. The molecular formula is C9H7BrS3. The Balaban J connectivity index is 2.76. The summed E-state index contributed by atoms with van der Waals surface area (Å²) in [6.45, 7) is 0. The second-order valence-electron chi connectivity index (χ2n) is 2.59. The van der Waals surface area contributed by atoms with E-state index < -0.39 is 0 Å². The Morgan fingerprint density at radius 1 is 1.46 bits per heavy atom. The van der Waals surface area contributed by atoms with E-state index in [1.807, 2.05) is 6.07 Å². The molecule has 13 heavy (non-hydrogen) atoms. The van der Waals surface area contributed by atoms with E-state index in [0.717, 1.165) is 9.37 Å². The number of fused-ring (bicyclic) bond motifs is 1. The van der Waals surface area contributed by atoms with Gasteiger partial charge in [0.05, 0.1) is 8.91 Å². The summed E-state index contributed by atoms with van der Waals surface area (Å²) in [5.41, 5.74) is 0. The average molecular weight is 291 g/mol. The lowest BCUT2D eigenvalue weighted by molar-refractivity contribution is 1.49. The fraction of sp³-hybridized carbons (Fsp3) is 0.111. The maximum absolute atomic E-state index is 4.37. The van der Waals surface area contributed by atoms with Gasteiger partial charge in [-0.15, -0.1) is 35.7 Å². The Kier molecular flexibility index (Phi) is 2.93. The molecule has 0 N–H and O–H groups in total. The first-order valence-corrected chi connectivity index (χ1v) is 6.95. The van der Waals surface area contributed by atoms with Crippen molar-refractivity contribution in [2.75, 3.05) is 6.26 Å². The lowest BCUT2D eigenvalue weighted by Crippen LogP contribution is -1.68. The van der Waals surface area contributed by atoms with E-state index in [1.54, 1.807) is 23.1 Å². The number of hydrogen-bond acceptors (Lipinski definition) is 3. The molecule has 0 fully saturated rings. The third-order valence-electron chi connectivity index (χ3n) is 1.78. The number of thiol groups is 1. The van der Waals surface area contributed by atoms with Gasteiger partial charge in [-0.05, 0) is 39.7 Å². The highest BCUT2D eigenvalue weighted by atomic mass is 79.9. The largest absolute Gasteiger partial charge is 0.142 e. The molecule has 1 aromatic carbocycles. The minimum absolute atomic E-state index is 1.00. The van der Waals surface area contributed by atoms with Gasteiger partial charge in [-0.1, -0.05) is 6.07 Å². The average Bonchev–Trinajstić information content (AvgIpc) is 2.55. The van der Waals surface area contributed by atoms with Crippen molar-refractivity contribution in [3.05, 3.63) is 22.7 Å². The Morgan fingerprint density at radius 2 is 2.23 bits per heavy atom. The van der Waals surface area contributed by atoms with E-state index in [2.05, 4.69) is 46.9 Å². The molecule has 4 heteroatoms. The number of thioether (sulfide) groups is 1. The molecule has 0 aliphatic heterocycles. The van der Waals surface area contributed by atoms with E-state index in [-0.39, 0.29) is 0 Å². The summed E-state index contributed by atoms with van der Waals surface area (Å²) < 4.78 is 3.74. The van der Waals surface area contributed by atoms with Crippen molar-refractivity contribution < 1.29 is 0 Å². The van der Waals surface area contributed by atoms with Gasteiger partial charge in [-0.2, -0.15) is 0 Å². The molecule has 0 saturated heterocycles. The Hall–Kier alpha value is 0.360. The van der Waals surface area contributed by atoms with Gasteiger partial charge in [0.2, 0.25) is 0 Å². The van der Waals surface area contributed by atoms with Gasteiger partial charge in [0.1, 0.15) is 0 Å². The van der Waals surface area contributed by atoms with Gasteiger partial charge < -0.3 is 0 Å². The smallest absolute Gasteiger partial charge is 0.0608 e. The van der Waals surface area contributed by atoms with Crippen LogP contribution in [0.3, 0.4) is 0 Å². The zero-order valence-electron chi connectivity index (χ0n) is 6.87. The molecule has 0 aliphatic carbocycles. The molecule has 2 rings (SSSR count). The highest BCUT2D eigenvalue weighted by molar-refractivity contribution is 9.10. The first-order chi connectivity index (χ1) is 6.22. The fourth-order valence-electron chi connectivity index (χ4n) is 1.14. The van der Waals surface area contributed by atoms with E-state index in [1.165, 1.54) is 14.3 Å². The normalized spacial score (nSPS) is 11.0. The first-order valence-electron chi connectivity index (χ1n) is 3.67. The molecule has 1 aromatic heterocycles. The summed E-state index contributed by atoms with van der Waals surface area (Å²) in [6.07, 6.45) is 2.10. The van der Waals surface area contributed by atoms with Gasteiger partial charge in [-0.25, -0.2) is 0 Å². The molecule has 0 radical (unpaired) electrons. The van der Waals surface area contributed by atoms with Gasteiger partial charge >= 0.3 is 0 Å². The second kappa shape index (κ2) is 3.85. The van der Waals surface area contributed by atoms with Crippen molar-refractivity contribution >= 4 is 61.7 Å². The van der Waals surface area contributed by atoms with Gasteiger partial charge in [0.25, 0.3) is 0 Å². The van der Waals surface area contributed by atoms with Crippen LogP contribution in [0.15, 0.2) is 31.8 Å². The third kappa shape index (κ3) is 1.77. The quantitative estimate of drug-likeness (QED) is 0.588. The highest BCUT2D eigenvalue weighted by Crippen LogP contribution is 2.38. The van der Waals surface area contributed by atoms with Gasteiger partial charge in [0.15, 0.2) is 0 Å². The van der Waals surface area contributed by atoms with Crippen LogP contribution in [0.5, 0.6) is 0 Å². The molecule has 0 aliphatic rings. The summed E-state index contributed by atoms with van der Waals surface area (Å²) in [5.74, 6) is 0.